The first kappa shape index (κ1) is 23.9. The van der Waals surface area contributed by atoms with Gasteiger partial charge in [0.2, 0.25) is 0 Å². The lowest BCUT2D eigenvalue weighted by molar-refractivity contribution is 0.0951. The predicted octanol–water partition coefficient (Wildman–Crippen LogP) is 3.68. The van der Waals surface area contributed by atoms with Gasteiger partial charge in [0.15, 0.2) is 5.65 Å². The summed E-state index contributed by atoms with van der Waals surface area (Å²) in [4.78, 5) is 22.2. The van der Waals surface area contributed by atoms with E-state index in [1.807, 2.05) is 37.3 Å². The predicted molar refractivity (Wildman–Crippen MR) is 143 cm³/mol. The summed E-state index contributed by atoms with van der Waals surface area (Å²) in [6, 6.07) is 16.0. The second-order valence-corrected chi connectivity index (χ2v) is 9.58. The van der Waals surface area contributed by atoms with Crippen LogP contribution in [0.25, 0.3) is 16.9 Å². The van der Waals surface area contributed by atoms with Crippen molar-refractivity contribution in [2.45, 2.75) is 27.2 Å². The number of amides is 1. The van der Waals surface area contributed by atoms with Crippen LogP contribution < -0.4 is 10.2 Å². The van der Waals surface area contributed by atoms with Crippen molar-refractivity contribution in [1.29, 1.82) is 0 Å². The van der Waals surface area contributed by atoms with Crippen LogP contribution in [0, 0.1) is 20.8 Å². The van der Waals surface area contributed by atoms with Gasteiger partial charge in [-0.1, -0.05) is 23.4 Å². The van der Waals surface area contributed by atoms with Crippen molar-refractivity contribution < 1.29 is 4.79 Å². The summed E-state index contributed by atoms with van der Waals surface area (Å²) in [5.74, 6) is -0.0756. The minimum Gasteiger partial charge on any atom is -0.369 e. The molecule has 1 saturated heterocycles. The van der Waals surface area contributed by atoms with E-state index in [2.05, 4.69) is 62.5 Å². The summed E-state index contributed by atoms with van der Waals surface area (Å²) in [5, 5.41) is 11.5. The third kappa shape index (κ3) is 5.09. The molecule has 0 radical (unpaired) electrons. The minimum atomic E-state index is -0.0756. The van der Waals surface area contributed by atoms with Gasteiger partial charge in [0.1, 0.15) is 5.52 Å². The lowest BCUT2D eigenvalue weighted by Crippen LogP contribution is -2.47. The standard InChI is InChI=1S/C28H33N7O/c1-20-7-8-21(2)25(18-20)34-16-14-33(15-17-34)13-5-12-30-28(36)23-10-9-22(3)26(19-23)35-27-24(31-32-35)6-4-11-29-27/h4,6-11,18-19H,5,12-17H2,1-3H3,(H,30,36). The Kier molecular flexibility index (Phi) is 6.95. The molecule has 5 rings (SSSR count). The monoisotopic (exact) mass is 483 g/mol. The maximum Gasteiger partial charge on any atom is 0.251 e. The van der Waals surface area contributed by atoms with Gasteiger partial charge in [-0.2, -0.15) is 4.68 Å². The molecule has 1 amide bonds. The van der Waals surface area contributed by atoms with Crippen LogP contribution in [0.5, 0.6) is 0 Å². The van der Waals surface area contributed by atoms with Crippen LogP contribution in [-0.4, -0.2) is 70.1 Å². The molecule has 0 spiro atoms. The van der Waals surface area contributed by atoms with E-state index >= 15 is 0 Å². The molecule has 4 aromatic rings. The number of rotatable bonds is 7. The summed E-state index contributed by atoms with van der Waals surface area (Å²) in [6.45, 7) is 12.1. The number of anilines is 1. The molecule has 36 heavy (non-hydrogen) atoms. The number of nitrogens with one attached hydrogen (secondary N) is 1. The first-order chi connectivity index (χ1) is 17.5. The van der Waals surface area contributed by atoms with Gasteiger partial charge in [-0.15, -0.1) is 5.10 Å². The number of aryl methyl sites for hydroxylation is 3. The van der Waals surface area contributed by atoms with Gasteiger partial charge in [-0.25, -0.2) is 4.98 Å². The molecule has 1 fully saturated rings. The van der Waals surface area contributed by atoms with Crippen molar-refractivity contribution in [3.8, 4) is 5.69 Å². The van der Waals surface area contributed by atoms with E-state index in [4.69, 9.17) is 0 Å². The average Bonchev–Trinajstić information content (AvgIpc) is 3.32. The molecule has 0 bridgehead atoms. The maximum atomic E-state index is 12.9. The highest BCUT2D eigenvalue weighted by molar-refractivity contribution is 5.95. The maximum absolute atomic E-state index is 12.9. The number of fused-ring (bicyclic) bond motifs is 1. The molecule has 186 valence electrons. The Morgan fingerprint density at radius 2 is 1.72 bits per heavy atom. The van der Waals surface area contributed by atoms with E-state index in [1.54, 1.807) is 10.9 Å². The van der Waals surface area contributed by atoms with Gasteiger partial charge in [-0.05, 0) is 80.8 Å². The molecule has 2 aromatic heterocycles. The van der Waals surface area contributed by atoms with Crippen LogP contribution in [0.15, 0.2) is 54.7 Å². The van der Waals surface area contributed by atoms with E-state index in [0.717, 1.165) is 55.9 Å². The van der Waals surface area contributed by atoms with Gasteiger partial charge >= 0.3 is 0 Å². The normalized spacial score (nSPS) is 14.4. The Morgan fingerprint density at radius 3 is 2.56 bits per heavy atom. The van der Waals surface area contributed by atoms with Crippen molar-refractivity contribution in [1.82, 2.24) is 30.2 Å². The third-order valence-corrected chi connectivity index (χ3v) is 6.92. The highest BCUT2D eigenvalue weighted by Crippen LogP contribution is 2.23. The van der Waals surface area contributed by atoms with Gasteiger partial charge in [-0.3, -0.25) is 9.69 Å². The van der Waals surface area contributed by atoms with Gasteiger partial charge in [0.05, 0.1) is 5.69 Å². The van der Waals surface area contributed by atoms with Crippen LogP contribution in [-0.2, 0) is 0 Å². The van der Waals surface area contributed by atoms with E-state index in [9.17, 15) is 4.79 Å². The van der Waals surface area contributed by atoms with Crippen molar-refractivity contribution in [3.63, 3.8) is 0 Å². The molecule has 0 saturated carbocycles. The van der Waals surface area contributed by atoms with Crippen LogP contribution in [0.4, 0.5) is 5.69 Å². The quantitative estimate of drug-likeness (QED) is 0.404. The van der Waals surface area contributed by atoms with Crippen molar-refractivity contribution in [2.24, 2.45) is 0 Å². The van der Waals surface area contributed by atoms with Gasteiger partial charge in [0, 0.05) is 50.2 Å². The number of aromatic nitrogens is 4. The Bertz CT molecular complexity index is 1370. The second-order valence-electron chi connectivity index (χ2n) is 9.58. The zero-order valence-electron chi connectivity index (χ0n) is 21.2. The zero-order chi connectivity index (χ0) is 25.1. The molecule has 3 heterocycles. The molecule has 2 aromatic carbocycles. The fraction of sp³-hybridized carbons (Fsp3) is 0.357. The number of carbonyl (C=O) groups excluding carboxylic acids is 1. The van der Waals surface area contributed by atoms with Gasteiger partial charge in [0.25, 0.3) is 5.91 Å². The molecule has 0 atom stereocenters. The summed E-state index contributed by atoms with van der Waals surface area (Å²) < 4.78 is 1.69. The van der Waals surface area contributed by atoms with E-state index in [1.165, 1.54) is 16.8 Å². The van der Waals surface area contributed by atoms with Crippen LogP contribution >= 0.6 is 0 Å². The number of hydrogen-bond donors (Lipinski definition) is 1. The molecule has 8 nitrogen and oxygen atoms in total. The van der Waals surface area contributed by atoms with Crippen LogP contribution in [0.2, 0.25) is 0 Å². The highest BCUT2D eigenvalue weighted by Gasteiger charge is 2.18. The number of nitrogens with zero attached hydrogens (tertiary/aromatic N) is 6. The highest BCUT2D eigenvalue weighted by atomic mass is 16.1. The largest absolute Gasteiger partial charge is 0.369 e. The van der Waals surface area contributed by atoms with E-state index < -0.39 is 0 Å². The Hall–Kier alpha value is -3.78. The molecule has 1 aliphatic heterocycles. The summed E-state index contributed by atoms with van der Waals surface area (Å²) in [7, 11) is 0. The topological polar surface area (TPSA) is 79.2 Å². The van der Waals surface area contributed by atoms with Gasteiger partial charge < -0.3 is 10.2 Å². The number of benzene rings is 2. The van der Waals surface area contributed by atoms with Crippen molar-refractivity contribution in [2.75, 3.05) is 44.2 Å². The fourth-order valence-corrected chi connectivity index (χ4v) is 4.79. The number of carbonyl (C=O) groups is 1. The molecule has 8 heteroatoms. The van der Waals surface area contributed by atoms with Crippen LogP contribution in [0.3, 0.4) is 0 Å². The molecule has 0 unspecified atom stereocenters. The SMILES string of the molecule is Cc1ccc(C)c(N2CCN(CCCNC(=O)c3ccc(C)c(-n4nnc5cccnc54)c3)CC2)c1. The average molecular weight is 484 g/mol. The van der Waals surface area contributed by atoms with Crippen molar-refractivity contribution in [3.05, 3.63) is 77.0 Å². The summed E-state index contributed by atoms with van der Waals surface area (Å²) in [5.41, 5.74) is 7.82. The minimum absolute atomic E-state index is 0.0756. The summed E-state index contributed by atoms with van der Waals surface area (Å²) in [6.07, 6.45) is 2.64. The smallest absolute Gasteiger partial charge is 0.251 e. The first-order valence-corrected chi connectivity index (χ1v) is 12.6. The third-order valence-electron chi connectivity index (χ3n) is 6.92. The Balaban J connectivity index is 1.12. The molecule has 1 aliphatic rings. The van der Waals surface area contributed by atoms with E-state index in [0.29, 0.717) is 17.8 Å². The molecular weight excluding hydrogens is 450 g/mol. The first-order valence-electron chi connectivity index (χ1n) is 12.6. The molecular formula is C28H33N7O. The Labute approximate surface area is 211 Å². The number of hydrogen-bond acceptors (Lipinski definition) is 6. The lowest BCUT2D eigenvalue weighted by Gasteiger charge is -2.37. The van der Waals surface area contributed by atoms with Crippen LogP contribution in [0.1, 0.15) is 33.5 Å². The molecule has 1 N–H and O–H groups in total. The summed E-state index contributed by atoms with van der Waals surface area (Å²) >= 11 is 0. The number of pyridine rings is 1. The van der Waals surface area contributed by atoms with E-state index in [-0.39, 0.29) is 5.91 Å². The lowest BCUT2D eigenvalue weighted by atomic mass is 10.1. The second kappa shape index (κ2) is 10.5. The van der Waals surface area contributed by atoms with Crippen molar-refractivity contribution >= 4 is 22.8 Å². The fourth-order valence-electron chi connectivity index (χ4n) is 4.79. The number of piperazine rings is 1. The Morgan fingerprint density at radius 1 is 0.944 bits per heavy atom. The molecule has 0 aliphatic carbocycles. The zero-order valence-corrected chi connectivity index (χ0v) is 21.2.